The molecule has 5 rings (SSSR count). The molecule has 2 N–H and O–H groups in total. The molecule has 3 atom stereocenters. The second-order valence-corrected chi connectivity index (χ2v) is 10.4. The van der Waals surface area contributed by atoms with Crippen LogP contribution in [0.15, 0.2) is 66.7 Å². The molecule has 0 aromatic heterocycles. The van der Waals surface area contributed by atoms with Gasteiger partial charge >= 0.3 is 0 Å². The fourth-order valence-electron chi connectivity index (χ4n) is 5.29. The minimum Gasteiger partial charge on any atom is -0.508 e. The van der Waals surface area contributed by atoms with Crippen LogP contribution in [0.5, 0.6) is 23.0 Å². The number of phenols is 2. The number of fused-ring (bicyclic) bond motifs is 1. The summed E-state index contributed by atoms with van der Waals surface area (Å²) in [5.74, 6) is 1.91. The summed E-state index contributed by atoms with van der Waals surface area (Å²) in [6, 6.07) is 20.7. The summed E-state index contributed by atoms with van der Waals surface area (Å²) in [5.41, 5.74) is 4.57. The smallest absolute Gasteiger partial charge is 0.150 e. The van der Waals surface area contributed by atoms with Crippen LogP contribution in [0.2, 0.25) is 0 Å². The molecule has 6 heteroatoms. The lowest BCUT2D eigenvalue weighted by atomic mass is 9.86. The molecule has 3 aromatic carbocycles. The Labute approximate surface area is 218 Å². The Bertz CT molecular complexity index is 1300. The van der Waals surface area contributed by atoms with Crippen molar-refractivity contribution >= 4 is 11.1 Å². The lowest BCUT2D eigenvalue weighted by molar-refractivity contribution is 0.00976. The van der Waals surface area contributed by atoms with Crippen LogP contribution in [0.25, 0.3) is 11.1 Å². The highest BCUT2D eigenvalue weighted by atomic mass is 16.5. The summed E-state index contributed by atoms with van der Waals surface area (Å²) in [7, 11) is 1.79. The van der Waals surface area contributed by atoms with Gasteiger partial charge < -0.3 is 24.4 Å². The van der Waals surface area contributed by atoms with Gasteiger partial charge in [0, 0.05) is 37.4 Å². The maximum absolute atomic E-state index is 10.2. The van der Waals surface area contributed by atoms with Crippen molar-refractivity contribution in [2.24, 2.45) is 0 Å². The summed E-state index contributed by atoms with van der Waals surface area (Å²) in [6.07, 6.45) is 0.657. The SMILES string of the molecule is COC1(C)CCN(C(C)COc2ccc(C3Oc4ccc(O)cc4C(C)=C3c3cccc(O)c3)cc2)C1. The number of ether oxygens (including phenoxy) is 3. The highest BCUT2D eigenvalue weighted by molar-refractivity contribution is 5.95. The Morgan fingerprint density at radius 3 is 2.51 bits per heavy atom. The summed E-state index contributed by atoms with van der Waals surface area (Å²) in [4.78, 5) is 2.41. The van der Waals surface area contributed by atoms with Crippen LogP contribution >= 0.6 is 0 Å². The van der Waals surface area contributed by atoms with Crippen molar-refractivity contribution in [1.29, 1.82) is 0 Å². The van der Waals surface area contributed by atoms with Gasteiger partial charge in [0.05, 0.1) is 5.60 Å². The number of rotatable bonds is 7. The number of phenolic OH excluding ortho intramolecular Hbond substituents is 2. The third-order valence-corrected chi connectivity index (χ3v) is 7.69. The van der Waals surface area contributed by atoms with Crippen LogP contribution in [0.3, 0.4) is 0 Å². The van der Waals surface area contributed by atoms with E-state index in [9.17, 15) is 10.2 Å². The van der Waals surface area contributed by atoms with Crippen LogP contribution in [0.1, 0.15) is 50.0 Å². The van der Waals surface area contributed by atoms with E-state index in [1.54, 1.807) is 37.4 Å². The topological polar surface area (TPSA) is 71.4 Å². The Morgan fingerprint density at radius 2 is 1.81 bits per heavy atom. The quantitative estimate of drug-likeness (QED) is 0.411. The zero-order valence-electron chi connectivity index (χ0n) is 21.9. The van der Waals surface area contributed by atoms with Gasteiger partial charge in [-0.1, -0.05) is 24.3 Å². The molecule has 194 valence electrons. The highest BCUT2D eigenvalue weighted by Crippen LogP contribution is 2.47. The predicted molar refractivity (Wildman–Crippen MR) is 145 cm³/mol. The summed E-state index contributed by atoms with van der Waals surface area (Å²) in [6.45, 7) is 8.90. The number of nitrogens with zero attached hydrogens (tertiary/aromatic N) is 1. The standard InChI is InChI=1S/C31H35NO5/c1-20(32-15-14-31(3,19-32)35-4)18-36-26-11-8-22(9-12-26)30-29(23-6-5-7-24(33)16-23)21(2)27-17-25(34)10-13-28(27)37-30/h5-13,16-17,20,30,33-34H,14-15,18-19H2,1-4H3. The fourth-order valence-corrected chi connectivity index (χ4v) is 5.29. The van der Waals surface area contributed by atoms with E-state index < -0.39 is 0 Å². The van der Waals surface area contributed by atoms with Gasteiger partial charge in [0.15, 0.2) is 0 Å². The van der Waals surface area contributed by atoms with E-state index in [4.69, 9.17) is 14.2 Å². The van der Waals surface area contributed by atoms with Crippen LogP contribution in [0, 0.1) is 0 Å². The van der Waals surface area contributed by atoms with E-state index in [1.807, 2.05) is 43.3 Å². The maximum atomic E-state index is 10.2. The first kappa shape index (κ1) is 25.2. The van der Waals surface area contributed by atoms with E-state index in [0.717, 1.165) is 53.1 Å². The van der Waals surface area contributed by atoms with Gasteiger partial charge in [0.25, 0.3) is 0 Å². The number of allylic oxidation sites excluding steroid dienone is 1. The second-order valence-electron chi connectivity index (χ2n) is 10.4. The Kier molecular flexibility index (Phi) is 6.88. The molecule has 2 aliphatic rings. The number of likely N-dealkylation sites (tertiary alicyclic amines) is 1. The number of hydrogen-bond donors (Lipinski definition) is 2. The van der Waals surface area contributed by atoms with Gasteiger partial charge in [0.2, 0.25) is 0 Å². The van der Waals surface area contributed by atoms with Gasteiger partial charge in [-0.2, -0.15) is 0 Å². The Balaban J connectivity index is 1.37. The predicted octanol–water partition coefficient (Wildman–Crippen LogP) is 6.04. The molecular formula is C31H35NO5. The Morgan fingerprint density at radius 1 is 1.05 bits per heavy atom. The summed E-state index contributed by atoms with van der Waals surface area (Å²) < 4.78 is 18.3. The molecule has 0 aliphatic carbocycles. The van der Waals surface area contributed by atoms with Crippen molar-refractivity contribution in [1.82, 2.24) is 4.90 Å². The first-order valence-corrected chi connectivity index (χ1v) is 12.8. The molecule has 2 aliphatic heterocycles. The van der Waals surface area contributed by atoms with E-state index in [2.05, 4.69) is 18.7 Å². The molecule has 0 amide bonds. The fraction of sp³-hybridized carbons (Fsp3) is 0.355. The zero-order valence-corrected chi connectivity index (χ0v) is 21.9. The molecule has 1 fully saturated rings. The monoisotopic (exact) mass is 501 g/mol. The first-order chi connectivity index (χ1) is 17.8. The van der Waals surface area contributed by atoms with Crippen molar-refractivity contribution in [3.05, 3.63) is 83.4 Å². The number of methoxy groups -OCH3 is 1. The number of hydrogen-bond acceptors (Lipinski definition) is 6. The average molecular weight is 502 g/mol. The molecule has 0 spiro atoms. The van der Waals surface area contributed by atoms with Gasteiger partial charge in [-0.05, 0) is 86.4 Å². The lowest BCUT2D eigenvalue weighted by Crippen LogP contribution is -2.39. The van der Waals surface area contributed by atoms with Gasteiger partial charge in [-0.15, -0.1) is 0 Å². The molecule has 6 nitrogen and oxygen atoms in total. The van der Waals surface area contributed by atoms with Crippen molar-refractivity contribution in [2.75, 3.05) is 26.8 Å². The zero-order chi connectivity index (χ0) is 26.2. The van der Waals surface area contributed by atoms with E-state index in [-0.39, 0.29) is 29.2 Å². The van der Waals surface area contributed by atoms with Crippen molar-refractivity contribution in [3.63, 3.8) is 0 Å². The van der Waals surface area contributed by atoms with Crippen LogP contribution in [-0.2, 0) is 4.74 Å². The van der Waals surface area contributed by atoms with Crippen molar-refractivity contribution in [3.8, 4) is 23.0 Å². The number of aromatic hydroxyl groups is 2. The molecule has 1 saturated heterocycles. The van der Waals surface area contributed by atoms with Crippen LogP contribution in [-0.4, -0.2) is 53.6 Å². The second kappa shape index (κ2) is 10.1. The van der Waals surface area contributed by atoms with Crippen LogP contribution in [0.4, 0.5) is 0 Å². The molecule has 2 heterocycles. The van der Waals surface area contributed by atoms with Gasteiger partial charge in [-0.25, -0.2) is 0 Å². The molecule has 3 aromatic rings. The van der Waals surface area contributed by atoms with Gasteiger partial charge in [0.1, 0.15) is 35.7 Å². The largest absolute Gasteiger partial charge is 0.508 e. The molecular weight excluding hydrogens is 466 g/mol. The minimum atomic E-state index is -0.372. The minimum absolute atomic E-state index is 0.0772. The van der Waals surface area contributed by atoms with Crippen LogP contribution < -0.4 is 9.47 Å². The van der Waals surface area contributed by atoms with E-state index in [0.29, 0.717) is 12.4 Å². The third kappa shape index (κ3) is 5.17. The molecule has 37 heavy (non-hydrogen) atoms. The van der Waals surface area contributed by atoms with E-state index in [1.165, 1.54) is 0 Å². The first-order valence-electron chi connectivity index (χ1n) is 12.8. The number of benzene rings is 3. The maximum Gasteiger partial charge on any atom is 0.150 e. The third-order valence-electron chi connectivity index (χ3n) is 7.69. The highest BCUT2D eigenvalue weighted by Gasteiger charge is 2.36. The van der Waals surface area contributed by atoms with Gasteiger partial charge in [-0.3, -0.25) is 4.90 Å². The molecule has 0 bridgehead atoms. The Hall–Kier alpha value is -3.48. The summed E-state index contributed by atoms with van der Waals surface area (Å²) in [5, 5.41) is 20.2. The van der Waals surface area contributed by atoms with Crippen molar-refractivity contribution < 1.29 is 24.4 Å². The normalized spacial score (nSPS) is 22.4. The van der Waals surface area contributed by atoms with E-state index >= 15 is 0 Å². The molecule has 0 saturated carbocycles. The molecule has 3 unspecified atom stereocenters. The molecule has 0 radical (unpaired) electrons. The average Bonchev–Trinajstić information content (AvgIpc) is 3.30. The van der Waals surface area contributed by atoms with Crippen molar-refractivity contribution in [2.45, 2.75) is 44.9 Å². The lowest BCUT2D eigenvalue weighted by Gasteiger charge is -2.31. The summed E-state index contributed by atoms with van der Waals surface area (Å²) >= 11 is 0.